The van der Waals surface area contributed by atoms with Crippen molar-refractivity contribution in [2.75, 3.05) is 26.3 Å². The van der Waals surface area contributed by atoms with Crippen LogP contribution in [-0.2, 0) is 11.3 Å². The number of phenolic OH excluding ortho intramolecular Hbond substituents is 1. The van der Waals surface area contributed by atoms with Gasteiger partial charge in [0.2, 0.25) is 0 Å². The first-order valence-corrected chi connectivity index (χ1v) is 8.16. The van der Waals surface area contributed by atoms with Crippen molar-refractivity contribution >= 4 is 17.8 Å². The van der Waals surface area contributed by atoms with Crippen molar-refractivity contribution in [2.24, 2.45) is 0 Å². The van der Waals surface area contributed by atoms with E-state index >= 15 is 0 Å². The molecule has 0 amide bonds. The summed E-state index contributed by atoms with van der Waals surface area (Å²) in [5.41, 5.74) is 2.58. The fourth-order valence-corrected chi connectivity index (χ4v) is 2.73. The first kappa shape index (κ1) is 17.1. The molecule has 1 aliphatic rings. The Hall–Kier alpha value is -2.70. The van der Waals surface area contributed by atoms with Crippen LogP contribution in [0.25, 0.3) is 12.2 Å². The molecule has 0 aliphatic carbocycles. The SMILES string of the molecule is O=[N+]([O-])c1ccc(O)c(C=Cc2ccc(CN3CCOCC3)cc2)c1. The quantitative estimate of drug-likeness (QED) is 0.513. The minimum absolute atomic E-state index is 0.0192. The summed E-state index contributed by atoms with van der Waals surface area (Å²) in [6, 6.07) is 12.1. The molecular weight excluding hydrogens is 320 g/mol. The average molecular weight is 340 g/mol. The van der Waals surface area contributed by atoms with Gasteiger partial charge in [-0.05, 0) is 17.2 Å². The van der Waals surface area contributed by atoms with Gasteiger partial charge in [-0.2, -0.15) is 0 Å². The summed E-state index contributed by atoms with van der Waals surface area (Å²) in [7, 11) is 0. The zero-order chi connectivity index (χ0) is 17.6. The van der Waals surface area contributed by atoms with Gasteiger partial charge < -0.3 is 9.84 Å². The number of ether oxygens (including phenoxy) is 1. The Morgan fingerprint density at radius 2 is 1.84 bits per heavy atom. The van der Waals surface area contributed by atoms with Crippen LogP contribution >= 0.6 is 0 Å². The van der Waals surface area contributed by atoms with Gasteiger partial charge in [0.25, 0.3) is 5.69 Å². The predicted octanol–water partition coefficient (Wildman–Crippen LogP) is 3.30. The number of morpholine rings is 1. The number of nitro groups is 1. The normalized spacial score (nSPS) is 15.5. The fourth-order valence-electron chi connectivity index (χ4n) is 2.73. The smallest absolute Gasteiger partial charge is 0.270 e. The van der Waals surface area contributed by atoms with Crippen LogP contribution in [0.4, 0.5) is 5.69 Å². The van der Waals surface area contributed by atoms with Crippen LogP contribution in [0.1, 0.15) is 16.7 Å². The number of non-ortho nitro benzene ring substituents is 1. The van der Waals surface area contributed by atoms with Crippen molar-refractivity contribution in [1.29, 1.82) is 0 Å². The molecule has 0 aromatic heterocycles. The van der Waals surface area contributed by atoms with E-state index in [1.54, 1.807) is 6.08 Å². The molecular formula is C19H20N2O4. The topological polar surface area (TPSA) is 75.8 Å². The molecule has 1 N–H and O–H groups in total. The van der Waals surface area contributed by atoms with E-state index in [2.05, 4.69) is 17.0 Å². The van der Waals surface area contributed by atoms with Crippen molar-refractivity contribution in [3.8, 4) is 5.75 Å². The van der Waals surface area contributed by atoms with Gasteiger partial charge in [-0.25, -0.2) is 0 Å². The van der Waals surface area contributed by atoms with Crippen LogP contribution in [0.2, 0.25) is 0 Å². The van der Waals surface area contributed by atoms with E-state index in [4.69, 9.17) is 4.74 Å². The van der Waals surface area contributed by atoms with E-state index in [0.717, 1.165) is 38.4 Å². The second kappa shape index (κ2) is 7.92. The van der Waals surface area contributed by atoms with Gasteiger partial charge in [-0.15, -0.1) is 0 Å². The highest BCUT2D eigenvalue weighted by molar-refractivity contribution is 5.73. The molecule has 2 aromatic carbocycles. The third kappa shape index (κ3) is 4.65. The Bertz CT molecular complexity index is 765. The Labute approximate surface area is 146 Å². The second-order valence-corrected chi connectivity index (χ2v) is 5.96. The number of hydrogen-bond donors (Lipinski definition) is 1. The number of nitro benzene ring substituents is 1. The molecule has 2 aromatic rings. The van der Waals surface area contributed by atoms with E-state index < -0.39 is 4.92 Å². The summed E-state index contributed by atoms with van der Waals surface area (Å²) in [5.74, 6) is 0.0192. The summed E-state index contributed by atoms with van der Waals surface area (Å²) in [6.07, 6.45) is 3.51. The van der Waals surface area contributed by atoms with Crippen LogP contribution in [0.3, 0.4) is 0 Å². The summed E-state index contributed by atoms with van der Waals surface area (Å²) in [6.45, 7) is 4.38. The summed E-state index contributed by atoms with van der Waals surface area (Å²) in [5, 5.41) is 20.7. The molecule has 0 bridgehead atoms. The highest BCUT2D eigenvalue weighted by Crippen LogP contribution is 2.25. The Morgan fingerprint density at radius 3 is 2.52 bits per heavy atom. The standard InChI is InChI=1S/C19H20N2O4/c22-19-8-7-18(21(23)24)13-17(19)6-5-15-1-3-16(4-2-15)14-20-9-11-25-12-10-20/h1-8,13,22H,9-12,14H2. The molecule has 130 valence electrons. The summed E-state index contributed by atoms with van der Waals surface area (Å²) >= 11 is 0. The molecule has 0 saturated carbocycles. The zero-order valence-electron chi connectivity index (χ0n) is 13.8. The number of phenols is 1. The summed E-state index contributed by atoms with van der Waals surface area (Å²) < 4.78 is 5.35. The van der Waals surface area contributed by atoms with Gasteiger partial charge in [0.15, 0.2) is 0 Å². The highest BCUT2D eigenvalue weighted by atomic mass is 16.6. The molecule has 6 heteroatoms. The molecule has 0 atom stereocenters. The number of hydrogen-bond acceptors (Lipinski definition) is 5. The van der Waals surface area contributed by atoms with Gasteiger partial charge in [-0.1, -0.05) is 36.4 Å². The van der Waals surface area contributed by atoms with Crippen LogP contribution in [0.15, 0.2) is 42.5 Å². The minimum atomic E-state index is -0.475. The number of benzene rings is 2. The largest absolute Gasteiger partial charge is 0.507 e. The molecule has 3 rings (SSSR count). The van der Waals surface area contributed by atoms with Gasteiger partial charge >= 0.3 is 0 Å². The van der Waals surface area contributed by atoms with Gasteiger partial charge in [-0.3, -0.25) is 15.0 Å². The number of nitrogens with zero attached hydrogens (tertiary/aromatic N) is 2. The molecule has 1 saturated heterocycles. The molecule has 0 unspecified atom stereocenters. The van der Waals surface area contributed by atoms with E-state index in [9.17, 15) is 15.2 Å². The van der Waals surface area contributed by atoms with Crippen molar-refractivity contribution in [3.63, 3.8) is 0 Å². The average Bonchev–Trinajstić information content (AvgIpc) is 2.63. The third-order valence-electron chi connectivity index (χ3n) is 4.17. The van der Waals surface area contributed by atoms with Gasteiger partial charge in [0.05, 0.1) is 18.1 Å². The second-order valence-electron chi connectivity index (χ2n) is 5.96. The molecule has 0 spiro atoms. The molecule has 25 heavy (non-hydrogen) atoms. The van der Waals surface area contributed by atoms with Crippen molar-refractivity contribution in [2.45, 2.75) is 6.54 Å². The molecule has 6 nitrogen and oxygen atoms in total. The Balaban J connectivity index is 1.67. The first-order chi connectivity index (χ1) is 12.1. The lowest BCUT2D eigenvalue weighted by atomic mass is 10.1. The number of rotatable bonds is 5. The maximum atomic E-state index is 10.8. The maximum absolute atomic E-state index is 10.8. The maximum Gasteiger partial charge on any atom is 0.270 e. The van der Waals surface area contributed by atoms with E-state index in [1.807, 2.05) is 18.2 Å². The molecule has 1 aliphatic heterocycles. The van der Waals surface area contributed by atoms with Crippen LogP contribution in [-0.4, -0.2) is 41.2 Å². The molecule has 1 fully saturated rings. The van der Waals surface area contributed by atoms with Gasteiger partial charge in [0.1, 0.15) is 5.75 Å². The lowest BCUT2D eigenvalue weighted by molar-refractivity contribution is -0.384. The van der Waals surface area contributed by atoms with Gasteiger partial charge in [0, 0.05) is 37.3 Å². The summed E-state index contributed by atoms with van der Waals surface area (Å²) in [4.78, 5) is 12.7. The lowest BCUT2D eigenvalue weighted by Gasteiger charge is -2.26. The minimum Gasteiger partial charge on any atom is -0.507 e. The molecule has 1 heterocycles. The van der Waals surface area contributed by atoms with Crippen molar-refractivity contribution < 1.29 is 14.8 Å². The monoisotopic (exact) mass is 340 g/mol. The number of aromatic hydroxyl groups is 1. The van der Waals surface area contributed by atoms with Crippen molar-refractivity contribution in [1.82, 2.24) is 4.90 Å². The van der Waals surface area contributed by atoms with Crippen LogP contribution in [0.5, 0.6) is 5.75 Å². The Kier molecular flexibility index (Phi) is 5.42. The highest BCUT2D eigenvalue weighted by Gasteiger charge is 2.10. The fraction of sp³-hybridized carbons (Fsp3) is 0.263. The molecule has 0 radical (unpaired) electrons. The third-order valence-corrected chi connectivity index (χ3v) is 4.17. The first-order valence-electron chi connectivity index (χ1n) is 8.16. The Morgan fingerprint density at radius 1 is 1.12 bits per heavy atom. The van der Waals surface area contributed by atoms with Crippen LogP contribution in [0, 0.1) is 10.1 Å². The predicted molar refractivity (Wildman–Crippen MR) is 96.2 cm³/mol. The van der Waals surface area contributed by atoms with E-state index in [1.165, 1.54) is 23.8 Å². The van der Waals surface area contributed by atoms with E-state index in [-0.39, 0.29) is 11.4 Å². The van der Waals surface area contributed by atoms with Crippen molar-refractivity contribution in [3.05, 3.63) is 69.3 Å². The van der Waals surface area contributed by atoms with E-state index in [0.29, 0.717) is 5.56 Å². The van der Waals surface area contributed by atoms with Crippen LogP contribution < -0.4 is 0 Å². The lowest BCUT2D eigenvalue weighted by Crippen LogP contribution is -2.35. The zero-order valence-corrected chi connectivity index (χ0v) is 13.8.